The predicted molar refractivity (Wildman–Crippen MR) is 87.8 cm³/mol. The normalized spacial score (nSPS) is 23.5. The van der Waals surface area contributed by atoms with Crippen molar-refractivity contribution in [3.05, 3.63) is 34.1 Å². The van der Waals surface area contributed by atoms with Crippen LogP contribution >= 0.6 is 15.9 Å². The molecule has 1 N–H and O–H groups in total. The molecule has 4 amide bonds. The summed E-state index contributed by atoms with van der Waals surface area (Å²) in [5.74, 6) is -1.25. The van der Waals surface area contributed by atoms with Crippen molar-refractivity contribution in [3.63, 3.8) is 0 Å². The second-order valence-electron chi connectivity index (χ2n) is 5.85. The van der Waals surface area contributed by atoms with Gasteiger partial charge in [0, 0.05) is 11.8 Å². The van der Waals surface area contributed by atoms with E-state index < -0.39 is 29.8 Å². The number of amides is 4. The van der Waals surface area contributed by atoms with Crippen LogP contribution in [0.3, 0.4) is 0 Å². The molecule has 1 aliphatic heterocycles. The number of nitrogens with one attached hydrogen (secondary N) is 1. The van der Waals surface area contributed by atoms with E-state index in [-0.39, 0.29) is 10.5 Å². The lowest BCUT2D eigenvalue weighted by molar-refractivity contribution is 0.166. The van der Waals surface area contributed by atoms with Crippen LogP contribution in [0.15, 0.2) is 27.7 Å². The van der Waals surface area contributed by atoms with Gasteiger partial charge < -0.3 is 5.32 Å². The zero-order valence-electron chi connectivity index (χ0n) is 12.8. The van der Waals surface area contributed by atoms with E-state index in [4.69, 9.17) is 0 Å². The molecular formula is C16H14BrFN4O2. The molecule has 124 valence electrons. The molecule has 1 fully saturated rings. The van der Waals surface area contributed by atoms with Crippen molar-refractivity contribution in [1.82, 2.24) is 10.2 Å². The number of nitriles is 1. The Morgan fingerprint density at radius 3 is 2.79 bits per heavy atom. The molecule has 2 unspecified atom stereocenters. The van der Waals surface area contributed by atoms with Gasteiger partial charge in [0.25, 0.3) is 0 Å². The van der Waals surface area contributed by atoms with Gasteiger partial charge in [0.15, 0.2) is 0 Å². The molecule has 3 rings (SSSR count). The SMILES string of the molecule is CC1=NC(=O)N(C(=O)NC2CC2)C(c2ccc(F)c(Br)c2)C1C#N. The van der Waals surface area contributed by atoms with Crippen LogP contribution in [0, 0.1) is 23.1 Å². The zero-order chi connectivity index (χ0) is 17.4. The monoisotopic (exact) mass is 392 g/mol. The van der Waals surface area contributed by atoms with Crippen molar-refractivity contribution < 1.29 is 14.0 Å². The number of halogens is 2. The van der Waals surface area contributed by atoms with Crippen LogP contribution in [0.5, 0.6) is 0 Å². The van der Waals surface area contributed by atoms with Crippen LogP contribution < -0.4 is 5.32 Å². The molecule has 0 radical (unpaired) electrons. The van der Waals surface area contributed by atoms with Crippen LogP contribution in [-0.4, -0.2) is 28.7 Å². The molecule has 8 heteroatoms. The van der Waals surface area contributed by atoms with Crippen molar-refractivity contribution in [2.75, 3.05) is 0 Å². The summed E-state index contributed by atoms with van der Waals surface area (Å²) in [6, 6.07) is 4.18. The largest absolute Gasteiger partial charge is 0.352 e. The fraction of sp³-hybridized carbons (Fsp3) is 0.375. The highest BCUT2D eigenvalue weighted by Crippen LogP contribution is 2.36. The summed E-state index contributed by atoms with van der Waals surface area (Å²) in [4.78, 5) is 29.6. The minimum absolute atomic E-state index is 0.0541. The van der Waals surface area contributed by atoms with E-state index in [1.54, 1.807) is 6.92 Å². The third-order valence-corrected chi connectivity index (χ3v) is 4.68. The lowest BCUT2D eigenvalue weighted by Gasteiger charge is -2.35. The minimum Gasteiger partial charge on any atom is -0.335 e. The number of hydrogen-bond donors (Lipinski definition) is 1. The summed E-state index contributed by atoms with van der Waals surface area (Å²) < 4.78 is 13.7. The lowest BCUT2D eigenvalue weighted by atomic mass is 9.88. The highest BCUT2D eigenvalue weighted by atomic mass is 79.9. The summed E-state index contributed by atoms with van der Waals surface area (Å²) in [5.41, 5.74) is 0.826. The first kappa shape index (κ1) is 16.6. The van der Waals surface area contributed by atoms with Crippen LogP contribution in [0.2, 0.25) is 0 Å². The number of carbonyl (C=O) groups excluding carboxylic acids is 2. The number of rotatable bonds is 2. The maximum absolute atomic E-state index is 13.5. The second-order valence-corrected chi connectivity index (χ2v) is 6.71. The van der Waals surface area contributed by atoms with Crippen LogP contribution in [0.25, 0.3) is 0 Å². The van der Waals surface area contributed by atoms with Crippen LogP contribution in [0.1, 0.15) is 31.4 Å². The Morgan fingerprint density at radius 2 is 2.21 bits per heavy atom. The number of aliphatic imine (C=N–C) groups is 1. The Kier molecular flexibility index (Phi) is 4.37. The number of urea groups is 2. The first-order chi connectivity index (χ1) is 11.4. The molecule has 0 saturated heterocycles. The summed E-state index contributed by atoms with van der Waals surface area (Å²) in [5, 5.41) is 12.3. The van der Waals surface area contributed by atoms with E-state index in [2.05, 4.69) is 32.3 Å². The Morgan fingerprint density at radius 1 is 1.50 bits per heavy atom. The molecule has 1 saturated carbocycles. The van der Waals surface area contributed by atoms with E-state index in [1.165, 1.54) is 18.2 Å². The summed E-state index contributed by atoms with van der Waals surface area (Å²) in [6.07, 6.45) is 1.73. The second kappa shape index (κ2) is 6.32. The van der Waals surface area contributed by atoms with E-state index in [9.17, 15) is 19.2 Å². The van der Waals surface area contributed by atoms with Gasteiger partial charge in [-0.15, -0.1) is 0 Å². The van der Waals surface area contributed by atoms with Gasteiger partial charge in [0.1, 0.15) is 11.7 Å². The Balaban J connectivity index is 2.05. The van der Waals surface area contributed by atoms with Crippen molar-refractivity contribution in [1.29, 1.82) is 5.26 Å². The fourth-order valence-corrected chi connectivity index (χ4v) is 3.05. The van der Waals surface area contributed by atoms with Gasteiger partial charge in [0.05, 0.1) is 16.6 Å². The number of nitrogens with zero attached hydrogens (tertiary/aromatic N) is 3. The van der Waals surface area contributed by atoms with Gasteiger partial charge in [-0.05, 0) is 53.4 Å². The molecule has 1 heterocycles. The Hall–Kier alpha value is -2.27. The molecule has 2 atom stereocenters. The first-order valence-corrected chi connectivity index (χ1v) is 8.25. The van der Waals surface area contributed by atoms with Gasteiger partial charge in [-0.25, -0.2) is 23.9 Å². The average molecular weight is 393 g/mol. The molecular weight excluding hydrogens is 379 g/mol. The topological polar surface area (TPSA) is 85.6 Å². The van der Waals surface area contributed by atoms with Crippen molar-refractivity contribution in [3.8, 4) is 6.07 Å². The number of carbonyl (C=O) groups is 2. The van der Waals surface area contributed by atoms with E-state index in [0.29, 0.717) is 11.3 Å². The summed E-state index contributed by atoms with van der Waals surface area (Å²) in [6.45, 7) is 1.58. The fourth-order valence-electron chi connectivity index (χ4n) is 2.66. The Labute approximate surface area is 146 Å². The molecule has 0 spiro atoms. The highest BCUT2D eigenvalue weighted by Gasteiger charge is 2.43. The van der Waals surface area contributed by atoms with Gasteiger partial charge in [0.2, 0.25) is 0 Å². The van der Waals surface area contributed by atoms with Crippen LogP contribution in [0.4, 0.5) is 14.0 Å². The van der Waals surface area contributed by atoms with Crippen LogP contribution in [-0.2, 0) is 0 Å². The molecule has 24 heavy (non-hydrogen) atoms. The zero-order valence-corrected chi connectivity index (χ0v) is 14.4. The molecule has 6 nitrogen and oxygen atoms in total. The molecule has 1 aromatic rings. The Bertz CT molecular complexity index is 785. The lowest BCUT2D eigenvalue weighted by Crippen LogP contribution is -2.51. The molecule has 1 aliphatic carbocycles. The molecule has 1 aromatic carbocycles. The minimum atomic E-state index is -0.851. The number of hydrogen-bond acceptors (Lipinski definition) is 3. The summed E-state index contributed by atoms with van der Waals surface area (Å²) >= 11 is 3.10. The summed E-state index contributed by atoms with van der Waals surface area (Å²) in [7, 11) is 0. The van der Waals surface area contributed by atoms with Gasteiger partial charge in [-0.1, -0.05) is 6.07 Å². The first-order valence-electron chi connectivity index (χ1n) is 7.46. The quantitative estimate of drug-likeness (QED) is 0.834. The smallest absolute Gasteiger partial charge is 0.335 e. The van der Waals surface area contributed by atoms with E-state index in [0.717, 1.165) is 17.7 Å². The standard InChI is InChI=1S/C16H14BrFN4O2/c1-8-11(7-19)14(9-2-5-13(18)12(17)6-9)22(15(23)20-8)16(24)21-10-3-4-10/h2,5-6,10-11,14H,3-4H2,1H3,(H,21,24). The van der Waals surface area contributed by atoms with E-state index in [1.807, 2.05) is 0 Å². The van der Waals surface area contributed by atoms with Gasteiger partial charge in [-0.2, -0.15) is 5.26 Å². The highest BCUT2D eigenvalue weighted by molar-refractivity contribution is 9.10. The maximum Gasteiger partial charge on any atom is 0.352 e. The van der Waals surface area contributed by atoms with Crippen molar-refractivity contribution in [2.45, 2.75) is 31.8 Å². The van der Waals surface area contributed by atoms with Gasteiger partial charge >= 0.3 is 12.1 Å². The van der Waals surface area contributed by atoms with Gasteiger partial charge in [-0.3, -0.25) is 0 Å². The average Bonchev–Trinajstić information content (AvgIpc) is 3.33. The molecule has 0 bridgehead atoms. The predicted octanol–water partition coefficient (Wildman–Crippen LogP) is 3.54. The van der Waals surface area contributed by atoms with E-state index >= 15 is 0 Å². The third kappa shape index (κ3) is 3.04. The van der Waals surface area contributed by atoms with Crippen molar-refractivity contribution in [2.24, 2.45) is 10.9 Å². The molecule has 0 aromatic heterocycles. The third-order valence-electron chi connectivity index (χ3n) is 4.07. The number of imide groups is 1. The molecule has 2 aliphatic rings. The maximum atomic E-state index is 13.5. The van der Waals surface area contributed by atoms with Crippen molar-refractivity contribution >= 4 is 33.7 Å². The number of benzene rings is 1.